The van der Waals surface area contributed by atoms with Gasteiger partial charge in [0, 0.05) is 38.4 Å². The van der Waals surface area contributed by atoms with Crippen molar-refractivity contribution in [3.63, 3.8) is 0 Å². The molecule has 0 N–H and O–H groups in total. The van der Waals surface area contributed by atoms with Crippen molar-refractivity contribution in [1.29, 1.82) is 0 Å². The van der Waals surface area contributed by atoms with Crippen molar-refractivity contribution < 1.29 is 0 Å². The minimum absolute atomic E-state index is 0.0308. The number of rotatable bonds is 4. The molecule has 0 atom stereocenters. The molecule has 0 fully saturated rings. The highest BCUT2D eigenvalue weighted by molar-refractivity contribution is 6.25. The monoisotopic (exact) mass is 779 g/mol. The van der Waals surface area contributed by atoms with Crippen molar-refractivity contribution in [2.45, 2.75) is 77.6 Å². The Morgan fingerprint density at radius 3 is 1.72 bits per heavy atom. The van der Waals surface area contributed by atoms with E-state index in [1.165, 1.54) is 60.9 Å². The summed E-state index contributed by atoms with van der Waals surface area (Å²) in [6.45, 7) is 16.4. The fraction of sp³-hybridized carbons (Fsp3) is 0.218. The third-order valence-electron chi connectivity index (χ3n) is 13.4. The second kappa shape index (κ2) is 13.0. The van der Waals surface area contributed by atoms with Crippen LogP contribution in [0.1, 0.15) is 78.0 Å². The number of hydrogen-bond donors (Lipinski definition) is 0. The fourth-order valence-corrected chi connectivity index (χ4v) is 9.86. The van der Waals surface area contributed by atoms with E-state index >= 15 is 0 Å². The molecule has 0 unspecified atom stereocenters. The van der Waals surface area contributed by atoms with Gasteiger partial charge in [0.1, 0.15) is 0 Å². The van der Waals surface area contributed by atoms with E-state index in [0.717, 1.165) is 39.8 Å². The first-order valence-electron chi connectivity index (χ1n) is 21.3. The number of benzene rings is 7. The van der Waals surface area contributed by atoms with Crippen LogP contribution in [-0.4, -0.2) is 24.1 Å². The van der Waals surface area contributed by atoms with Crippen LogP contribution in [0.2, 0.25) is 0 Å². The van der Waals surface area contributed by atoms with Gasteiger partial charge in [-0.3, -0.25) is 4.57 Å². The first kappa shape index (κ1) is 36.5. The Kier molecular flexibility index (Phi) is 7.88. The molecule has 0 radical (unpaired) electrons. The quantitative estimate of drug-likeness (QED) is 0.179. The van der Waals surface area contributed by atoms with Gasteiger partial charge < -0.3 is 4.57 Å². The molecule has 7 aromatic carbocycles. The van der Waals surface area contributed by atoms with Crippen molar-refractivity contribution >= 4 is 54.4 Å². The van der Waals surface area contributed by atoms with Crippen molar-refractivity contribution in [1.82, 2.24) is 24.1 Å². The van der Waals surface area contributed by atoms with Gasteiger partial charge in [0.2, 0.25) is 5.95 Å². The molecule has 5 nitrogen and oxygen atoms in total. The zero-order valence-electron chi connectivity index (χ0n) is 35.5. The van der Waals surface area contributed by atoms with E-state index in [-0.39, 0.29) is 16.2 Å². The van der Waals surface area contributed by atoms with Crippen molar-refractivity contribution in [2.75, 3.05) is 0 Å². The van der Waals surface area contributed by atoms with Crippen LogP contribution in [0.3, 0.4) is 0 Å². The number of hydrogen-bond acceptors (Lipinski definition) is 3. The lowest BCUT2D eigenvalue weighted by Crippen LogP contribution is -2.33. The number of aromatic nitrogens is 5. The SMILES string of the molecule is CC(C)(C)c1ccc(-c2nc(-c3ccccc3)nc(-n3c4cc5c(cc4c4c6ccccc6ccc43)c3cc4c(cc3n5-c3ccccc3)C(C)(C)CCC4(C)C)n2)cc1. The molecule has 0 saturated carbocycles. The summed E-state index contributed by atoms with van der Waals surface area (Å²) in [7, 11) is 0. The predicted octanol–water partition coefficient (Wildman–Crippen LogP) is 14.2. The van der Waals surface area contributed by atoms with Crippen LogP contribution in [-0.2, 0) is 16.2 Å². The first-order chi connectivity index (χ1) is 28.9. The predicted molar refractivity (Wildman–Crippen MR) is 251 cm³/mol. The van der Waals surface area contributed by atoms with E-state index in [1.54, 1.807) is 0 Å². The van der Waals surface area contributed by atoms with Gasteiger partial charge in [-0.2, -0.15) is 9.97 Å². The molecule has 0 aliphatic heterocycles. The van der Waals surface area contributed by atoms with Crippen LogP contribution >= 0.6 is 0 Å². The summed E-state index contributed by atoms with van der Waals surface area (Å²) < 4.78 is 4.76. The van der Waals surface area contributed by atoms with Gasteiger partial charge in [0.25, 0.3) is 0 Å². The summed E-state index contributed by atoms with van der Waals surface area (Å²) >= 11 is 0. The molecule has 1 aliphatic carbocycles. The van der Waals surface area contributed by atoms with Crippen LogP contribution < -0.4 is 0 Å². The average Bonchev–Trinajstić information content (AvgIpc) is 3.76. The molecule has 11 rings (SSSR count). The summed E-state index contributed by atoms with van der Waals surface area (Å²) in [6, 6.07) is 53.0. The van der Waals surface area contributed by atoms with Crippen LogP contribution in [0.15, 0.2) is 146 Å². The molecule has 5 heteroatoms. The average molecular weight is 780 g/mol. The first-order valence-corrected chi connectivity index (χ1v) is 21.3. The molecule has 294 valence electrons. The summed E-state index contributed by atoms with van der Waals surface area (Å²) in [6.07, 6.45) is 2.33. The van der Waals surface area contributed by atoms with E-state index in [9.17, 15) is 0 Å². The van der Waals surface area contributed by atoms with Crippen LogP contribution in [0.5, 0.6) is 0 Å². The van der Waals surface area contributed by atoms with E-state index < -0.39 is 0 Å². The van der Waals surface area contributed by atoms with Gasteiger partial charge in [0.15, 0.2) is 11.6 Å². The Morgan fingerprint density at radius 1 is 0.467 bits per heavy atom. The van der Waals surface area contributed by atoms with E-state index in [4.69, 9.17) is 15.0 Å². The maximum atomic E-state index is 5.37. The van der Waals surface area contributed by atoms with Gasteiger partial charge in [0.05, 0.1) is 22.1 Å². The minimum Gasteiger partial charge on any atom is -0.309 e. The topological polar surface area (TPSA) is 48.5 Å². The van der Waals surface area contributed by atoms with Crippen LogP contribution in [0.4, 0.5) is 0 Å². The summed E-state index contributed by atoms with van der Waals surface area (Å²) in [4.78, 5) is 15.8. The molecule has 0 amide bonds. The highest BCUT2D eigenvalue weighted by atomic mass is 15.2. The lowest BCUT2D eigenvalue weighted by atomic mass is 9.63. The van der Waals surface area contributed by atoms with Gasteiger partial charge in [-0.1, -0.05) is 152 Å². The Labute approximate surface area is 351 Å². The van der Waals surface area contributed by atoms with Gasteiger partial charge in [-0.05, 0) is 99.0 Å². The Bertz CT molecular complexity index is 3320. The zero-order valence-corrected chi connectivity index (χ0v) is 35.5. The lowest BCUT2D eigenvalue weighted by Gasteiger charge is -2.42. The maximum Gasteiger partial charge on any atom is 0.238 e. The Hall–Kier alpha value is -6.59. The lowest BCUT2D eigenvalue weighted by molar-refractivity contribution is 0.332. The van der Waals surface area contributed by atoms with Crippen LogP contribution in [0.25, 0.3) is 88.8 Å². The molecule has 60 heavy (non-hydrogen) atoms. The van der Waals surface area contributed by atoms with Crippen molar-refractivity contribution in [3.05, 3.63) is 162 Å². The zero-order chi connectivity index (χ0) is 41.1. The molecular formula is C55H49N5. The van der Waals surface area contributed by atoms with Crippen molar-refractivity contribution in [3.8, 4) is 34.4 Å². The highest BCUT2D eigenvalue weighted by Gasteiger charge is 2.38. The molecule has 3 aromatic heterocycles. The Morgan fingerprint density at radius 2 is 1.03 bits per heavy atom. The molecule has 0 saturated heterocycles. The van der Waals surface area contributed by atoms with E-state index in [0.29, 0.717) is 17.6 Å². The summed E-state index contributed by atoms with van der Waals surface area (Å²) in [5.74, 6) is 1.88. The van der Waals surface area contributed by atoms with Gasteiger partial charge in [-0.15, -0.1) is 0 Å². The smallest absolute Gasteiger partial charge is 0.238 e. The molecule has 3 heterocycles. The second-order valence-corrected chi connectivity index (χ2v) is 19.2. The molecule has 1 aliphatic rings. The van der Waals surface area contributed by atoms with Gasteiger partial charge in [-0.25, -0.2) is 4.98 Å². The minimum atomic E-state index is 0.0308. The van der Waals surface area contributed by atoms with Crippen molar-refractivity contribution in [2.24, 2.45) is 0 Å². The third-order valence-corrected chi connectivity index (χ3v) is 13.4. The highest BCUT2D eigenvalue weighted by Crippen LogP contribution is 2.49. The molecule has 0 spiro atoms. The molecule has 10 aromatic rings. The van der Waals surface area contributed by atoms with E-state index in [1.807, 2.05) is 18.2 Å². The molecule has 0 bridgehead atoms. The number of para-hydroxylation sites is 1. The fourth-order valence-electron chi connectivity index (χ4n) is 9.86. The Balaban J connectivity index is 1.28. The van der Waals surface area contributed by atoms with Gasteiger partial charge >= 0.3 is 0 Å². The maximum absolute atomic E-state index is 5.37. The standard InChI is InChI=1S/C55H49N5/c1-53(2,3)37-25-22-36(23-26-37)51-56-50(35-17-10-8-11-18-35)57-52(58-51)60-45-27-24-34-16-14-15-21-39(34)49(45)42-30-40-41-31-43-44(55(6,7)29-28-54(43,4)5)32-46(41)59(47(40)33-48(42)60)38-19-12-9-13-20-38/h8-27,30-33H,28-29H2,1-7H3. The summed E-state index contributed by atoms with van der Waals surface area (Å²) in [5, 5.41) is 7.32. The van der Waals surface area contributed by atoms with E-state index in [2.05, 4.69) is 185 Å². The third kappa shape index (κ3) is 5.62. The van der Waals surface area contributed by atoms with Crippen LogP contribution in [0, 0.1) is 0 Å². The molecular weight excluding hydrogens is 731 g/mol. The largest absolute Gasteiger partial charge is 0.309 e. The number of fused-ring (bicyclic) bond motifs is 9. The second-order valence-electron chi connectivity index (χ2n) is 19.2. The summed E-state index contributed by atoms with van der Waals surface area (Å²) in [5.41, 5.74) is 11.9. The normalized spacial score (nSPS) is 15.1. The number of nitrogens with zero attached hydrogens (tertiary/aromatic N) is 5.